The lowest BCUT2D eigenvalue weighted by Gasteiger charge is -2.01. The van der Waals surface area contributed by atoms with E-state index in [2.05, 4.69) is 42.2 Å². The van der Waals surface area contributed by atoms with Crippen molar-refractivity contribution in [2.75, 3.05) is 0 Å². The highest BCUT2D eigenvalue weighted by Crippen LogP contribution is 2.13. The first-order valence-corrected chi connectivity index (χ1v) is 5.70. The van der Waals surface area contributed by atoms with Crippen molar-refractivity contribution in [1.29, 1.82) is 0 Å². The van der Waals surface area contributed by atoms with E-state index in [1.807, 2.05) is 6.92 Å². The Morgan fingerprint density at radius 1 is 1.24 bits per heavy atom. The van der Waals surface area contributed by atoms with Crippen LogP contribution in [-0.2, 0) is 6.42 Å². The molecule has 1 aromatic carbocycles. The standard InChI is InChI=1S/C13H17N3O/c1-8-4-9(2)6-11(5-8)7-12-15-13(10(3)14)17-16-12/h4-6,10H,7,14H2,1-3H3/t10-/m0/s1. The number of aromatic nitrogens is 2. The zero-order valence-corrected chi connectivity index (χ0v) is 10.4. The molecular formula is C13H17N3O. The van der Waals surface area contributed by atoms with Gasteiger partial charge in [0.05, 0.1) is 6.04 Å². The summed E-state index contributed by atoms with van der Waals surface area (Å²) in [7, 11) is 0. The van der Waals surface area contributed by atoms with Crippen molar-refractivity contribution in [1.82, 2.24) is 10.1 Å². The van der Waals surface area contributed by atoms with E-state index in [1.165, 1.54) is 16.7 Å². The molecule has 0 amide bonds. The maximum Gasteiger partial charge on any atom is 0.243 e. The molecule has 0 spiro atoms. The van der Waals surface area contributed by atoms with E-state index < -0.39 is 0 Å². The lowest BCUT2D eigenvalue weighted by atomic mass is 10.1. The SMILES string of the molecule is Cc1cc(C)cc(Cc2noc([C@H](C)N)n2)c1. The van der Waals surface area contributed by atoms with Gasteiger partial charge in [-0.1, -0.05) is 34.5 Å². The molecule has 2 N–H and O–H groups in total. The average Bonchev–Trinajstić information content (AvgIpc) is 2.64. The molecular weight excluding hydrogens is 214 g/mol. The van der Waals surface area contributed by atoms with Crippen LogP contribution in [0.15, 0.2) is 22.7 Å². The van der Waals surface area contributed by atoms with Crippen LogP contribution in [0.1, 0.15) is 41.4 Å². The molecule has 4 heteroatoms. The summed E-state index contributed by atoms with van der Waals surface area (Å²) >= 11 is 0. The summed E-state index contributed by atoms with van der Waals surface area (Å²) in [5.74, 6) is 1.17. The molecule has 0 aliphatic heterocycles. The molecule has 17 heavy (non-hydrogen) atoms. The average molecular weight is 231 g/mol. The van der Waals surface area contributed by atoms with Gasteiger partial charge in [-0.2, -0.15) is 4.98 Å². The predicted octanol–water partition coefficient (Wildman–Crippen LogP) is 2.30. The van der Waals surface area contributed by atoms with Gasteiger partial charge < -0.3 is 10.3 Å². The molecule has 0 saturated carbocycles. The van der Waals surface area contributed by atoms with E-state index in [0.29, 0.717) is 18.1 Å². The molecule has 1 aromatic heterocycles. The molecule has 1 atom stereocenters. The van der Waals surface area contributed by atoms with Crippen LogP contribution in [-0.4, -0.2) is 10.1 Å². The summed E-state index contributed by atoms with van der Waals surface area (Å²) in [4.78, 5) is 4.26. The van der Waals surface area contributed by atoms with Crippen LogP contribution < -0.4 is 5.73 Å². The minimum atomic E-state index is -0.213. The minimum Gasteiger partial charge on any atom is -0.338 e. The Bertz CT molecular complexity index is 497. The van der Waals surface area contributed by atoms with Crippen LogP contribution >= 0.6 is 0 Å². The van der Waals surface area contributed by atoms with Gasteiger partial charge in [0.25, 0.3) is 0 Å². The van der Waals surface area contributed by atoms with E-state index in [1.54, 1.807) is 0 Å². The van der Waals surface area contributed by atoms with Gasteiger partial charge in [-0.05, 0) is 26.3 Å². The lowest BCUT2D eigenvalue weighted by Crippen LogP contribution is -2.05. The van der Waals surface area contributed by atoms with Gasteiger partial charge in [-0.15, -0.1) is 0 Å². The Morgan fingerprint density at radius 3 is 2.41 bits per heavy atom. The Kier molecular flexibility index (Phi) is 3.24. The normalized spacial score (nSPS) is 12.7. The quantitative estimate of drug-likeness (QED) is 0.880. The summed E-state index contributed by atoms with van der Waals surface area (Å²) in [6.07, 6.45) is 0.679. The second-order valence-corrected chi connectivity index (χ2v) is 4.51. The molecule has 0 aliphatic carbocycles. The number of hydrogen-bond donors (Lipinski definition) is 1. The minimum absolute atomic E-state index is 0.213. The van der Waals surface area contributed by atoms with Gasteiger partial charge in [-0.25, -0.2) is 0 Å². The van der Waals surface area contributed by atoms with Crippen LogP contribution in [0.5, 0.6) is 0 Å². The molecule has 0 fully saturated rings. The smallest absolute Gasteiger partial charge is 0.243 e. The van der Waals surface area contributed by atoms with Gasteiger partial charge in [0, 0.05) is 6.42 Å². The molecule has 0 saturated heterocycles. The summed E-state index contributed by atoms with van der Waals surface area (Å²) in [5.41, 5.74) is 9.36. The molecule has 4 nitrogen and oxygen atoms in total. The molecule has 2 aromatic rings. The first kappa shape index (κ1) is 11.8. The zero-order valence-electron chi connectivity index (χ0n) is 10.4. The van der Waals surface area contributed by atoms with Crippen molar-refractivity contribution in [3.63, 3.8) is 0 Å². The predicted molar refractivity (Wildman–Crippen MR) is 65.6 cm³/mol. The van der Waals surface area contributed by atoms with Crippen molar-refractivity contribution < 1.29 is 4.52 Å². The van der Waals surface area contributed by atoms with Crippen LogP contribution in [0.25, 0.3) is 0 Å². The number of aryl methyl sites for hydroxylation is 2. The van der Waals surface area contributed by atoms with Crippen LogP contribution in [0.3, 0.4) is 0 Å². The maximum absolute atomic E-state index is 5.67. The Labute approximate surface area is 101 Å². The maximum atomic E-state index is 5.67. The van der Waals surface area contributed by atoms with Crippen molar-refractivity contribution in [2.45, 2.75) is 33.2 Å². The Hall–Kier alpha value is -1.68. The number of rotatable bonds is 3. The fourth-order valence-corrected chi connectivity index (χ4v) is 1.88. The summed E-state index contributed by atoms with van der Waals surface area (Å²) < 4.78 is 5.07. The van der Waals surface area contributed by atoms with Crippen LogP contribution in [0.2, 0.25) is 0 Å². The van der Waals surface area contributed by atoms with Crippen molar-refractivity contribution in [3.8, 4) is 0 Å². The van der Waals surface area contributed by atoms with Gasteiger partial charge in [0.2, 0.25) is 5.89 Å². The lowest BCUT2D eigenvalue weighted by molar-refractivity contribution is 0.358. The number of nitrogens with two attached hydrogens (primary N) is 1. The topological polar surface area (TPSA) is 64.9 Å². The second-order valence-electron chi connectivity index (χ2n) is 4.51. The third kappa shape index (κ3) is 2.91. The summed E-state index contributed by atoms with van der Waals surface area (Å²) in [6.45, 7) is 5.99. The van der Waals surface area contributed by atoms with Crippen LogP contribution in [0.4, 0.5) is 0 Å². The highest BCUT2D eigenvalue weighted by Gasteiger charge is 2.10. The molecule has 1 heterocycles. The van der Waals surface area contributed by atoms with Gasteiger partial charge in [0.1, 0.15) is 0 Å². The fourth-order valence-electron chi connectivity index (χ4n) is 1.88. The fraction of sp³-hybridized carbons (Fsp3) is 0.385. The summed E-state index contributed by atoms with van der Waals surface area (Å²) in [5, 5.41) is 3.93. The molecule has 0 unspecified atom stereocenters. The molecule has 0 radical (unpaired) electrons. The van der Waals surface area contributed by atoms with Crippen molar-refractivity contribution in [2.24, 2.45) is 5.73 Å². The first-order valence-electron chi connectivity index (χ1n) is 5.70. The zero-order chi connectivity index (χ0) is 12.4. The van der Waals surface area contributed by atoms with E-state index in [4.69, 9.17) is 10.3 Å². The van der Waals surface area contributed by atoms with Crippen LogP contribution in [0, 0.1) is 13.8 Å². The van der Waals surface area contributed by atoms with Gasteiger partial charge in [0.15, 0.2) is 5.82 Å². The monoisotopic (exact) mass is 231 g/mol. The van der Waals surface area contributed by atoms with Crippen molar-refractivity contribution in [3.05, 3.63) is 46.6 Å². The van der Waals surface area contributed by atoms with E-state index in [0.717, 1.165) is 0 Å². The largest absolute Gasteiger partial charge is 0.338 e. The van der Waals surface area contributed by atoms with E-state index >= 15 is 0 Å². The molecule has 2 rings (SSSR count). The number of nitrogens with zero attached hydrogens (tertiary/aromatic N) is 2. The van der Waals surface area contributed by atoms with Gasteiger partial charge >= 0.3 is 0 Å². The van der Waals surface area contributed by atoms with Crippen molar-refractivity contribution >= 4 is 0 Å². The third-order valence-electron chi connectivity index (χ3n) is 2.52. The Morgan fingerprint density at radius 2 is 1.88 bits per heavy atom. The summed E-state index contributed by atoms with van der Waals surface area (Å²) in [6, 6.07) is 6.20. The molecule has 90 valence electrons. The molecule has 0 aliphatic rings. The number of benzene rings is 1. The first-order chi connectivity index (χ1) is 8.04. The highest BCUT2D eigenvalue weighted by atomic mass is 16.5. The van der Waals surface area contributed by atoms with E-state index in [9.17, 15) is 0 Å². The second kappa shape index (κ2) is 4.67. The van der Waals surface area contributed by atoms with E-state index in [-0.39, 0.29) is 6.04 Å². The Balaban J connectivity index is 2.19. The van der Waals surface area contributed by atoms with Gasteiger partial charge in [-0.3, -0.25) is 0 Å². The third-order valence-corrected chi connectivity index (χ3v) is 2.52. The molecule has 0 bridgehead atoms. The highest BCUT2D eigenvalue weighted by molar-refractivity contribution is 5.30. The number of hydrogen-bond acceptors (Lipinski definition) is 4.